The largest absolute Gasteiger partial charge is 0.308 e. The van der Waals surface area contributed by atoms with Crippen LogP contribution in [0.25, 0.3) is 11.3 Å². The van der Waals surface area contributed by atoms with E-state index in [1.165, 1.54) is 0 Å². The Morgan fingerprint density at radius 3 is 2.76 bits per heavy atom. The number of hydrogen-bond donors (Lipinski definition) is 2. The number of aromatic nitrogens is 4. The minimum absolute atomic E-state index is 0.216. The van der Waals surface area contributed by atoms with Crippen LogP contribution in [0.3, 0.4) is 0 Å². The summed E-state index contributed by atoms with van der Waals surface area (Å²) >= 11 is 5.73. The van der Waals surface area contributed by atoms with Crippen molar-refractivity contribution in [1.82, 2.24) is 20.2 Å². The molecule has 0 atom stereocenters. The van der Waals surface area contributed by atoms with E-state index in [9.17, 15) is 10.1 Å². The van der Waals surface area contributed by atoms with Gasteiger partial charge in [-0.25, -0.2) is 4.98 Å². The molecule has 0 fully saturated rings. The number of hydrogen-bond acceptors (Lipinski definition) is 5. The second-order valence-electron chi connectivity index (χ2n) is 5.21. The smallest absolute Gasteiger partial charge is 0.225 e. The molecule has 0 saturated carbocycles. The summed E-state index contributed by atoms with van der Waals surface area (Å²) in [6.07, 6.45) is 5.63. The monoisotopic (exact) mass is 352 g/mol. The number of aryl methyl sites for hydroxylation is 1. The standard InChI is InChI=1S/C17H13ClN6O/c18-14-3-1-11(10-21-14)2-4-15(25)22-17-13(9-19)16(23-24-17)12-5-7-20-8-6-12/h1,3,5-8,10H,2,4H2,(H2,22,23,24,25). The van der Waals surface area contributed by atoms with Crippen molar-refractivity contribution in [2.24, 2.45) is 0 Å². The fourth-order valence-corrected chi connectivity index (χ4v) is 2.39. The molecule has 0 aliphatic carbocycles. The number of amides is 1. The van der Waals surface area contributed by atoms with Crippen LogP contribution in [0.1, 0.15) is 17.5 Å². The van der Waals surface area contributed by atoms with Crippen LogP contribution in [-0.2, 0) is 11.2 Å². The summed E-state index contributed by atoms with van der Waals surface area (Å²) < 4.78 is 0. The number of nitrogens with zero attached hydrogens (tertiary/aromatic N) is 4. The van der Waals surface area contributed by atoms with Gasteiger partial charge in [0.15, 0.2) is 5.82 Å². The van der Waals surface area contributed by atoms with Crippen molar-refractivity contribution in [2.75, 3.05) is 5.32 Å². The molecular weight excluding hydrogens is 340 g/mol. The Kier molecular flexibility index (Phi) is 5.02. The highest BCUT2D eigenvalue weighted by Gasteiger charge is 2.16. The second kappa shape index (κ2) is 7.55. The van der Waals surface area contributed by atoms with Gasteiger partial charge < -0.3 is 5.32 Å². The molecule has 2 N–H and O–H groups in total. The van der Waals surface area contributed by atoms with E-state index >= 15 is 0 Å². The van der Waals surface area contributed by atoms with E-state index in [-0.39, 0.29) is 23.7 Å². The summed E-state index contributed by atoms with van der Waals surface area (Å²) in [4.78, 5) is 20.0. The molecule has 3 aromatic rings. The van der Waals surface area contributed by atoms with E-state index in [4.69, 9.17) is 11.6 Å². The van der Waals surface area contributed by atoms with Crippen LogP contribution in [0.2, 0.25) is 5.15 Å². The quantitative estimate of drug-likeness (QED) is 0.686. The van der Waals surface area contributed by atoms with Gasteiger partial charge in [0.05, 0.1) is 5.69 Å². The molecule has 124 valence electrons. The molecule has 8 heteroatoms. The molecule has 0 bridgehead atoms. The van der Waals surface area contributed by atoms with Crippen LogP contribution in [0.4, 0.5) is 5.82 Å². The third-order valence-electron chi connectivity index (χ3n) is 3.53. The number of H-pyrrole nitrogens is 1. The maximum atomic E-state index is 12.1. The zero-order valence-corrected chi connectivity index (χ0v) is 13.8. The number of carbonyl (C=O) groups excluding carboxylic acids is 1. The normalized spacial score (nSPS) is 10.2. The van der Waals surface area contributed by atoms with Gasteiger partial charge in [-0.2, -0.15) is 10.4 Å². The van der Waals surface area contributed by atoms with Gasteiger partial charge in [-0.3, -0.25) is 14.9 Å². The Hall–Kier alpha value is -3.24. The van der Waals surface area contributed by atoms with Crippen LogP contribution in [0.15, 0.2) is 42.9 Å². The first kappa shape index (κ1) is 16.6. The molecule has 3 rings (SSSR count). The number of nitriles is 1. The molecule has 0 aliphatic rings. The van der Waals surface area contributed by atoms with E-state index in [0.29, 0.717) is 17.3 Å². The summed E-state index contributed by atoms with van der Waals surface area (Å²) in [6, 6.07) is 9.09. The third kappa shape index (κ3) is 4.00. The van der Waals surface area contributed by atoms with E-state index in [1.54, 1.807) is 36.8 Å². The third-order valence-corrected chi connectivity index (χ3v) is 3.76. The Morgan fingerprint density at radius 2 is 2.08 bits per heavy atom. The first-order valence-corrected chi connectivity index (χ1v) is 7.84. The molecule has 3 heterocycles. The predicted molar refractivity (Wildman–Crippen MR) is 92.7 cm³/mol. The summed E-state index contributed by atoms with van der Waals surface area (Å²) in [6.45, 7) is 0. The van der Waals surface area contributed by atoms with Crippen molar-refractivity contribution in [3.63, 3.8) is 0 Å². The molecule has 0 unspecified atom stereocenters. The zero-order valence-electron chi connectivity index (χ0n) is 13.0. The molecule has 0 aliphatic heterocycles. The average Bonchev–Trinajstić information content (AvgIpc) is 3.04. The van der Waals surface area contributed by atoms with Gasteiger partial charge in [-0.1, -0.05) is 17.7 Å². The minimum atomic E-state index is -0.237. The van der Waals surface area contributed by atoms with E-state index in [1.807, 2.05) is 6.07 Å². The lowest BCUT2D eigenvalue weighted by Gasteiger charge is -2.03. The number of pyridine rings is 2. The van der Waals surface area contributed by atoms with Gasteiger partial charge in [0.2, 0.25) is 5.91 Å². The first-order valence-electron chi connectivity index (χ1n) is 7.46. The molecule has 25 heavy (non-hydrogen) atoms. The minimum Gasteiger partial charge on any atom is -0.308 e. The molecule has 1 amide bonds. The van der Waals surface area contributed by atoms with E-state index in [0.717, 1.165) is 11.1 Å². The molecule has 3 aromatic heterocycles. The Morgan fingerprint density at radius 1 is 1.28 bits per heavy atom. The maximum absolute atomic E-state index is 12.1. The SMILES string of the molecule is N#Cc1c(NC(=O)CCc2ccc(Cl)nc2)n[nH]c1-c1ccncc1. The lowest BCUT2D eigenvalue weighted by molar-refractivity contribution is -0.116. The van der Waals surface area contributed by atoms with Gasteiger partial charge in [-0.05, 0) is 30.2 Å². The van der Waals surface area contributed by atoms with Crippen LogP contribution < -0.4 is 5.32 Å². The molecule has 7 nitrogen and oxygen atoms in total. The second-order valence-corrected chi connectivity index (χ2v) is 5.59. The fraction of sp³-hybridized carbons (Fsp3) is 0.118. The van der Waals surface area contributed by atoms with Gasteiger partial charge in [-0.15, -0.1) is 0 Å². The summed E-state index contributed by atoms with van der Waals surface area (Å²) in [5, 5.41) is 19.3. The predicted octanol–water partition coefficient (Wildman–Crippen LogP) is 2.96. The highest BCUT2D eigenvalue weighted by molar-refractivity contribution is 6.29. The molecule has 0 aromatic carbocycles. The van der Waals surface area contributed by atoms with Gasteiger partial charge in [0.25, 0.3) is 0 Å². The highest BCUT2D eigenvalue weighted by atomic mass is 35.5. The molecule has 0 spiro atoms. The van der Waals surface area contributed by atoms with Crippen molar-refractivity contribution >= 4 is 23.3 Å². The lowest BCUT2D eigenvalue weighted by Crippen LogP contribution is -2.13. The molecule has 0 radical (unpaired) electrons. The first-order chi connectivity index (χ1) is 12.2. The summed E-state index contributed by atoms with van der Waals surface area (Å²) in [5.74, 6) is -0.0206. The van der Waals surface area contributed by atoms with Crippen molar-refractivity contribution < 1.29 is 4.79 Å². The topological polar surface area (TPSA) is 107 Å². The summed E-state index contributed by atoms with van der Waals surface area (Å²) in [5.41, 5.74) is 2.50. The van der Waals surface area contributed by atoms with E-state index < -0.39 is 0 Å². The van der Waals surface area contributed by atoms with Crippen LogP contribution in [0, 0.1) is 11.3 Å². The zero-order chi connectivity index (χ0) is 17.6. The fourth-order valence-electron chi connectivity index (χ4n) is 2.28. The lowest BCUT2D eigenvalue weighted by atomic mass is 10.1. The number of halogens is 1. The van der Waals surface area contributed by atoms with Gasteiger partial charge >= 0.3 is 0 Å². The number of carbonyl (C=O) groups is 1. The van der Waals surface area contributed by atoms with Crippen LogP contribution in [-0.4, -0.2) is 26.1 Å². The molecule has 0 saturated heterocycles. The Balaban J connectivity index is 1.68. The maximum Gasteiger partial charge on any atom is 0.225 e. The van der Waals surface area contributed by atoms with Gasteiger partial charge in [0, 0.05) is 30.6 Å². The Bertz CT molecular complexity index is 915. The van der Waals surface area contributed by atoms with Crippen molar-refractivity contribution in [2.45, 2.75) is 12.8 Å². The van der Waals surface area contributed by atoms with Crippen molar-refractivity contribution in [3.8, 4) is 17.3 Å². The highest BCUT2D eigenvalue weighted by Crippen LogP contribution is 2.25. The Labute approximate surface area is 148 Å². The number of rotatable bonds is 5. The number of nitrogens with one attached hydrogen (secondary N) is 2. The molecular formula is C17H13ClN6O. The number of anilines is 1. The van der Waals surface area contributed by atoms with Gasteiger partial charge in [0.1, 0.15) is 16.8 Å². The summed E-state index contributed by atoms with van der Waals surface area (Å²) in [7, 11) is 0. The average molecular weight is 353 g/mol. The van der Waals surface area contributed by atoms with Crippen molar-refractivity contribution in [1.29, 1.82) is 5.26 Å². The van der Waals surface area contributed by atoms with E-state index in [2.05, 4.69) is 31.6 Å². The van der Waals surface area contributed by atoms with Crippen molar-refractivity contribution in [3.05, 3.63) is 59.1 Å². The number of aromatic amines is 1. The van der Waals surface area contributed by atoms with Crippen LogP contribution >= 0.6 is 11.6 Å². The van der Waals surface area contributed by atoms with Crippen LogP contribution in [0.5, 0.6) is 0 Å².